The average Bonchev–Trinajstić information content (AvgIpc) is 2.16. The van der Waals surface area contributed by atoms with Gasteiger partial charge in [-0.25, -0.2) is 0 Å². The summed E-state index contributed by atoms with van der Waals surface area (Å²) in [5, 5.41) is -0.437. The molecule has 9 heavy (non-hydrogen) atoms. The van der Waals surface area contributed by atoms with Gasteiger partial charge in [-0.15, -0.1) is 0 Å². The molecule has 0 radical (unpaired) electrons. The molecular weight excluding hydrogens is 140 g/mol. The van der Waals surface area contributed by atoms with Gasteiger partial charge in [0.05, 0.1) is 6.26 Å². The minimum atomic E-state index is -0.790. The highest BCUT2D eigenvalue weighted by Gasteiger charge is 2.34. The van der Waals surface area contributed by atoms with Gasteiger partial charge in [-0.05, 0) is 24.6 Å². The van der Waals surface area contributed by atoms with Gasteiger partial charge in [0.25, 0.3) is 5.24 Å². The van der Waals surface area contributed by atoms with Crippen molar-refractivity contribution in [3.05, 3.63) is 12.3 Å². The molecule has 0 N–H and O–H groups in total. The van der Waals surface area contributed by atoms with E-state index in [1.165, 1.54) is 6.26 Å². The van der Waals surface area contributed by atoms with Gasteiger partial charge < -0.3 is 4.74 Å². The summed E-state index contributed by atoms with van der Waals surface area (Å²) in [7, 11) is 0. The van der Waals surface area contributed by atoms with E-state index in [0.717, 1.165) is 0 Å². The fraction of sp³-hybridized carbons (Fsp3) is 0.500. The molecule has 0 aromatic carbocycles. The Morgan fingerprint density at radius 3 is 2.78 bits per heavy atom. The molecule has 0 saturated carbocycles. The Labute approximate surface area is 58.4 Å². The predicted molar refractivity (Wildman–Crippen MR) is 34.1 cm³/mol. The van der Waals surface area contributed by atoms with Crippen LogP contribution in [-0.2, 0) is 9.53 Å². The first-order chi connectivity index (χ1) is 4.15. The van der Waals surface area contributed by atoms with E-state index in [2.05, 4.69) is 0 Å². The maximum Gasteiger partial charge on any atom is 0.265 e. The summed E-state index contributed by atoms with van der Waals surface area (Å²) in [6.07, 6.45) is 3.86. The second-order valence-electron chi connectivity index (χ2n) is 2.20. The highest BCUT2D eigenvalue weighted by molar-refractivity contribution is 6.65. The molecule has 0 aromatic rings. The van der Waals surface area contributed by atoms with Crippen molar-refractivity contribution < 1.29 is 9.53 Å². The Hall–Kier alpha value is -0.500. The van der Waals surface area contributed by atoms with E-state index < -0.39 is 10.8 Å². The summed E-state index contributed by atoms with van der Waals surface area (Å²) in [4.78, 5) is 10.6. The molecule has 0 spiro atoms. The fourth-order valence-electron chi connectivity index (χ4n) is 0.646. The molecule has 3 heteroatoms. The van der Waals surface area contributed by atoms with Crippen LogP contribution in [0.25, 0.3) is 0 Å². The maximum absolute atomic E-state index is 10.6. The molecule has 0 bridgehead atoms. The van der Waals surface area contributed by atoms with Gasteiger partial charge in [0.1, 0.15) is 0 Å². The Kier molecular flexibility index (Phi) is 1.49. The quantitative estimate of drug-likeness (QED) is 0.524. The van der Waals surface area contributed by atoms with Crippen molar-refractivity contribution in [2.24, 2.45) is 0 Å². The smallest absolute Gasteiger partial charge is 0.265 e. The van der Waals surface area contributed by atoms with Crippen LogP contribution in [0.5, 0.6) is 0 Å². The van der Waals surface area contributed by atoms with Gasteiger partial charge >= 0.3 is 0 Å². The first kappa shape index (κ1) is 6.62. The lowest BCUT2D eigenvalue weighted by molar-refractivity contribution is -0.126. The molecule has 0 saturated heterocycles. The van der Waals surface area contributed by atoms with Crippen LogP contribution in [0.2, 0.25) is 0 Å². The van der Waals surface area contributed by atoms with Crippen LogP contribution in [0.1, 0.15) is 13.3 Å². The van der Waals surface area contributed by atoms with Gasteiger partial charge in [-0.3, -0.25) is 4.79 Å². The topological polar surface area (TPSA) is 26.3 Å². The second-order valence-corrected chi connectivity index (χ2v) is 2.54. The van der Waals surface area contributed by atoms with Gasteiger partial charge in [0, 0.05) is 6.42 Å². The summed E-state index contributed by atoms with van der Waals surface area (Å²) in [6.45, 7) is 1.67. The van der Waals surface area contributed by atoms with Crippen molar-refractivity contribution in [3.8, 4) is 0 Å². The van der Waals surface area contributed by atoms with Crippen LogP contribution in [0, 0.1) is 0 Å². The lowest BCUT2D eigenvalue weighted by atomic mass is 10.1. The summed E-state index contributed by atoms with van der Waals surface area (Å²) < 4.78 is 4.94. The van der Waals surface area contributed by atoms with Crippen molar-refractivity contribution >= 4 is 16.8 Å². The molecule has 1 aliphatic heterocycles. The first-order valence-corrected chi connectivity index (χ1v) is 3.06. The molecular formula is C6H7ClO2. The van der Waals surface area contributed by atoms with E-state index in [4.69, 9.17) is 16.3 Å². The fourth-order valence-corrected chi connectivity index (χ4v) is 0.768. The van der Waals surface area contributed by atoms with E-state index in [1.54, 1.807) is 13.0 Å². The Balaban J connectivity index is 2.66. The van der Waals surface area contributed by atoms with Gasteiger partial charge in [0.15, 0.2) is 5.60 Å². The zero-order valence-corrected chi connectivity index (χ0v) is 5.81. The molecule has 0 aliphatic carbocycles. The summed E-state index contributed by atoms with van der Waals surface area (Å²) in [6, 6.07) is 0. The van der Waals surface area contributed by atoms with Crippen molar-refractivity contribution in [2.45, 2.75) is 18.9 Å². The van der Waals surface area contributed by atoms with Crippen LogP contribution in [0.4, 0.5) is 0 Å². The molecule has 1 atom stereocenters. The highest BCUT2D eigenvalue weighted by atomic mass is 35.5. The minimum Gasteiger partial charge on any atom is -0.486 e. The number of carbonyl (C=O) groups is 1. The lowest BCUT2D eigenvalue weighted by Gasteiger charge is -2.17. The number of ether oxygens (including phenoxy) is 1. The zero-order chi connectivity index (χ0) is 6.91. The molecule has 0 fully saturated rings. The number of carbonyl (C=O) groups excluding carboxylic acids is 1. The molecule has 50 valence electrons. The normalized spacial score (nSPS) is 32.2. The van der Waals surface area contributed by atoms with Crippen molar-refractivity contribution in [2.75, 3.05) is 0 Å². The number of hydrogen-bond acceptors (Lipinski definition) is 2. The number of halogens is 1. The summed E-state index contributed by atoms with van der Waals surface area (Å²) in [5.41, 5.74) is -0.790. The third kappa shape index (κ3) is 1.08. The maximum atomic E-state index is 10.6. The standard InChI is InChI=1S/C6H7ClO2/c1-6(5(7)8)3-2-4-9-6/h2,4H,3H2,1H3. The summed E-state index contributed by atoms with van der Waals surface area (Å²) >= 11 is 5.22. The van der Waals surface area contributed by atoms with Gasteiger partial charge in [-0.1, -0.05) is 0 Å². The van der Waals surface area contributed by atoms with Gasteiger partial charge in [-0.2, -0.15) is 0 Å². The van der Waals surface area contributed by atoms with E-state index in [0.29, 0.717) is 6.42 Å². The third-order valence-electron chi connectivity index (χ3n) is 1.35. The van der Waals surface area contributed by atoms with E-state index >= 15 is 0 Å². The SMILES string of the molecule is CC1(C(=O)Cl)CC=CO1. The van der Waals surface area contributed by atoms with E-state index in [9.17, 15) is 4.79 Å². The Bertz CT molecular complexity index is 154. The molecule has 0 aromatic heterocycles. The lowest BCUT2D eigenvalue weighted by Crippen LogP contribution is -2.30. The van der Waals surface area contributed by atoms with E-state index in [1.807, 2.05) is 0 Å². The van der Waals surface area contributed by atoms with Gasteiger partial charge in [0.2, 0.25) is 0 Å². The van der Waals surface area contributed by atoms with Crippen LogP contribution in [0.3, 0.4) is 0 Å². The number of hydrogen-bond donors (Lipinski definition) is 0. The second kappa shape index (κ2) is 2.03. The van der Waals surface area contributed by atoms with Crippen LogP contribution < -0.4 is 0 Å². The van der Waals surface area contributed by atoms with Crippen molar-refractivity contribution in [1.82, 2.24) is 0 Å². The Morgan fingerprint density at radius 1 is 1.89 bits per heavy atom. The first-order valence-electron chi connectivity index (χ1n) is 2.68. The molecule has 1 aliphatic rings. The van der Waals surface area contributed by atoms with Crippen molar-refractivity contribution in [3.63, 3.8) is 0 Å². The predicted octanol–water partition coefficient (Wildman–Crippen LogP) is 1.44. The van der Waals surface area contributed by atoms with Crippen molar-refractivity contribution in [1.29, 1.82) is 0 Å². The molecule has 1 rings (SSSR count). The van der Waals surface area contributed by atoms with Crippen LogP contribution in [-0.4, -0.2) is 10.8 Å². The highest BCUT2D eigenvalue weighted by Crippen LogP contribution is 2.24. The largest absolute Gasteiger partial charge is 0.486 e. The summed E-state index contributed by atoms with van der Waals surface area (Å²) in [5.74, 6) is 0. The van der Waals surface area contributed by atoms with Crippen LogP contribution >= 0.6 is 11.6 Å². The monoisotopic (exact) mass is 146 g/mol. The molecule has 1 heterocycles. The average molecular weight is 147 g/mol. The van der Waals surface area contributed by atoms with E-state index in [-0.39, 0.29) is 0 Å². The minimum absolute atomic E-state index is 0.437. The molecule has 0 amide bonds. The Morgan fingerprint density at radius 2 is 2.56 bits per heavy atom. The molecule has 1 unspecified atom stereocenters. The number of rotatable bonds is 1. The zero-order valence-electron chi connectivity index (χ0n) is 5.06. The molecule has 2 nitrogen and oxygen atoms in total. The third-order valence-corrected chi connectivity index (χ3v) is 1.75. The van der Waals surface area contributed by atoms with Crippen LogP contribution in [0.15, 0.2) is 12.3 Å².